The van der Waals surface area contributed by atoms with Crippen LogP contribution in [0.3, 0.4) is 0 Å². The van der Waals surface area contributed by atoms with Crippen LogP contribution < -0.4 is 0 Å². The van der Waals surface area contributed by atoms with Gasteiger partial charge in [-0.15, -0.1) is 0 Å². The summed E-state index contributed by atoms with van der Waals surface area (Å²) in [5.74, 6) is 0.0197. The van der Waals surface area contributed by atoms with Crippen LogP contribution in [0.1, 0.15) is 17.0 Å². The standard InChI is InChI=1S/C103H64N8/c1-65-37-45-90-81(53-65)82-54-73(66-23-9-2-10-24-66)38-46-91(82)108(90)100-89(61-104)101(109-92-47-39-74(67-25-11-3-12-26-67)55-83(92)84-56-75(40-48-93(84)109)68-27-13-4-14-28-68)103(111-96-51-43-78(71-33-19-7-20-34-71)59-87(96)88-60-79(44-52-97(88)111)72-35-21-8-22-36-72)99(80-63-106-98(62-105)107-64-80)102(100)110-94-49-41-76(69-29-15-5-16-30-69)57-85(94)86-58-77(42-50-95(86)110)70-31-17-6-18-32-70/h2-60,63-64H,1H3. The van der Waals surface area contributed by atoms with Gasteiger partial charge in [-0.25, -0.2) is 9.97 Å². The number of hydrogen-bond acceptors (Lipinski definition) is 4. The lowest BCUT2D eigenvalue weighted by Gasteiger charge is -2.29. The van der Waals surface area contributed by atoms with Crippen molar-refractivity contribution in [3.8, 4) is 124 Å². The molecule has 0 saturated carbocycles. The molecule has 16 aromatic carbocycles. The van der Waals surface area contributed by atoms with Crippen molar-refractivity contribution in [2.75, 3.05) is 0 Å². The molecular weight excluding hydrogens is 1350 g/mol. The summed E-state index contributed by atoms with van der Waals surface area (Å²) in [6.07, 6.45) is 3.64. The van der Waals surface area contributed by atoms with E-state index < -0.39 is 0 Å². The van der Waals surface area contributed by atoms with Crippen LogP contribution in [0.2, 0.25) is 0 Å². The molecule has 0 atom stereocenters. The van der Waals surface area contributed by atoms with E-state index in [1.165, 1.54) is 0 Å². The predicted octanol–water partition coefficient (Wildman–Crippen LogP) is 26.3. The molecule has 516 valence electrons. The second-order valence-corrected chi connectivity index (χ2v) is 28.7. The summed E-state index contributed by atoms with van der Waals surface area (Å²) in [5.41, 5.74) is 27.6. The van der Waals surface area contributed by atoms with Crippen LogP contribution in [-0.2, 0) is 0 Å². The van der Waals surface area contributed by atoms with Crippen LogP contribution in [0.25, 0.3) is 199 Å². The molecule has 111 heavy (non-hydrogen) atoms. The van der Waals surface area contributed by atoms with Crippen LogP contribution in [-0.4, -0.2) is 28.2 Å². The van der Waals surface area contributed by atoms with Crippen molar-refractivity contribution in [2.24, 2.45) is 0 Å². The van der Waals surface area contributed by atoms with Crippen LogP contribution in [0.4, 0.5) is 0 Å². The summed E-state index contributed by atoms with van der Waals surface area (Å²) in [6.45, 7) is 2.16. The molecule has 0 saturated heterocycles. The number of aryl methyl sites for hydroxylation is 1. The first-order valence-electron chi connectivity index (χ1n) is 37.5. The Morgan fingerprint density at radius 3 is 0.658 bits per heavy atom. The topological polar surface area (TPSA) is 93.1 Å². The SMILES string of the molecule is Cc1ccc2c(c1)c1cc(-c3ccccc3)ccc1n2-c1c(C#N)c(-n2c3ccc(-c4ccccc4)cc3c3cc(-c4ccccc4)ccc32)c(-n2c3ccc(-c4ccccc4)cc3c3cc(-c4ccccc4)ccc32)c(-c2cnc(C#N)nc2)c1-n1c2ccc(-c3ccccc3)cc2c2cc(-c3ccccc3)ccc21. The van der Waals surface area contributed by atoms with Crippen molar-refractivity contribution in [3.63, 3.8) is 0 Å². The van der Waals surface area contributed by atoms with Gasteiger partial charge in [0.05, 0.1) is 66.9 Å². The molecule has 0 aliphatic rings. The zero-order chi connectivity index (χ0) is 73.8. The first-order valence-corrected chi connectivity index (χ1v) is 37.5. The van der Waals surface area contributed by atoms with Gasteiger partial charge in [-0.05, 0) is 182 Å². The maximum absolute atomic E-state index is 13.8. The van der Waals surface area contributed by atoms with E-state index in [1.807, 2.05) is 12.4 Å². The molecule has 0 bridgehead atoms. The molecule has 5 aromatic heterocycles. The number of nitriles is 2. The average molecular weight is 1410 g/mol. The van der Waals surface area contributed by atoms with E-state index >= 15 is 0 Å². The quantitative estimate of drug-likeness (QED) is 0.122. The van der Waals surface area contributed by atoms with Gasteiger partial charge >= 0.3 is 0 Å². The highest BCUT2D eigenvalue weighted by atomic mass is 15.1. The second-order valence-electron chi connectivity index (χ2n) is 28.7. The lowest BCUT2D eigenvalue weighted by atomic mass is 9.94. The summed E-state index contributed by atoms with van der Waals surface area (Å²) < 4.78 is 9.61. The summed E-state index contributed by atoms with van der Waals surface area (Å²) in [5, 5.41) is 32.8. The molecule has 0 unspecified atom stereocenters. The highest BCUT2D eigenvalue weighted by Crippen LogP contribution is 2.54. The Morgan fingerprint density at radius 2 is 0.432 bits per heavy atom. The summed E-state index contributed by atoms with van der Waals surface area (Å²) in [7, 11) is 0. The number of nitrogens with zero attached hydrogens (tertiary/aromatic N) is 8. The van der Waals surface area contributed by atoms with Crippen LogP contribution in [0.5, 0.6) is 0 Å². The number of rotatable bonds is 12. The summed E-state index contributed by atoms with van der Waals surface area (Å²) in [4.78, 5) is 10.1. The summed E-state index contributed by atoms with van der Waals surface area (Å²) in [6, 6.07) is 134. The zero-order valence-electron chi connectivity index (χ0n) is 60.3. The lowest BCUT2D eigenvalue weighted by molar-refractivity contribution is 1.03. The van der Waals surface area contributed by atoms with Crippen LogP contribution in [0.15, 0.2) is 370 Å². The third-order valence-electron chi connectivity index (χ3n) is 22.4. The van der Waals surface area contributed by atoms with Gasteiger partial charge in [-0.3, -0.25) is 0 Å². The zero-order valence-corrected chi connectivity index (χ0v) is 60.3. The Labute approximate surface area is 640 Å². The third kappa shape index (κ3) is 10.5. The Balaban J connectivity index is 1.04. The van der Waals surface area contributed by atoms with E-state index in [0.717, 1.165) is 171 Å². The number of aromatic nitrogens is 6. The molecular formula is C103H64N8. The first-order chi connectivity index (χ1) is 54.9. The minimum absolute atomic E-state index is 0.0197. The normalized spacial score (nSPS) is 11.6. The van der Waals surface area contributed by atoms with E-state index in [1.54, 1.807) is 0 Å². The van der Waals surface area contributed by atoms with E-state index in [4.69, 9.17) is 9.97 Å². The van der Waals surface area contributed by atoms with Crippen molar-refractivity contribution in [2.45, 2.75) is 6.92 Å². The highest BCUT2D eigenvalue weighted by Gasteiger charge is 2.36. The Morgan fingerprint density at radius 1 is 0.216 bits per heavy atom. The van der Waals surface area contributed by atoms with Crippen LogP contribution in [0, 0.1) is 29.6 Å². The Bertz CT molecular complexity index is 7120. The molecule has 21 aromatic rings. The molecule has 0 spiro atoms. The third-order valence-corrected chi connectivity index (χ3v) is 22.4. The molecule has 8 nitrogen and oxygen atoms in total. The number of benzene rings is 16. The van der Waals surface area contributed by atoms with Gasteiger partial charge in [0.15, 0.2) is 0 Å². The van der Waals surface area contributed by atoms with Crippen molar-refractivity contribution in [1.82, 2.24) is 28.2 Å². The molecule has 21 rings (SSSR count). The van der Waals surface area contributed by atoms with Gasteiger partial charge in [0.2, 0.25) is 5.82 Å². The highest BCUT2D eigenvalue weighted by molar-refractivity contribution is 6.19. The van der Waals surface area contributed by atoms with Crippen molar-refractivity contribution >= 4 is 87.2 Å². The van der Waals surface area contributed by atoms with E-state index in [-0.39, 0.29) is 5.82 Å². The minimum Gasteiger partial charge on any atom is -0.306 e. The van der Waals surface area contributed by atoms with Crippen molar-refractivity contribution in [1.29, 1.82) is 10.5 Å². The molecule has 8 heteroatoms. The predicted molar refractivity (Wildman–Crippen MR) is 457 cm³/mol. The van der Waals surface area contributed by atoms with Gasteiger partial charge < -0.3 is 18.3 Å². The smallest absolute Gasteiger partial charge is 0.232 e. The van der Waals surface area contributed by atoms with E-state index in [0.29, 0.717) is 39.4 Å². The molecule has 0 aliphatic carbocycles. The maximum atomic E-state index is 13.8. The molecule has 0 fully saturated rings. The minimum atomic E-state index is 0.0197. The Kier molecular flexibility index (Phi) is 15.1. The maximum Gasteiger partial charge on any atom is 0.232 e. The van der Waals surface area contributed by atoms with Gasteiger partial charge in [0, 0.05) is 66.6 Å². The van der Waals surface area contributed by atoms with Crippen molar-refractivity contribution < 1.29 is 0 Å². The fourth-order valence-electron chi connectivity index (χ4n) is 17.3. The van der Waals surface area contributed by atoms with Gasteiger partial charge in [-0.2, -0.15) is 10.5 Å². The lowest BCUT2D eigenvalue weighted by Crippen LogP contribution is -2.16. The fourth-order valence-corrected chi connectivity index (χ4v) is 17.3. The van der Waals surface area contributed by atoms with Crippen LogP contribution >= 0.6 is 0 Å². The monoisotopic (exact) mass is 1410 g/mol. The Hall–Kier alpha value is -15.2. The van der Waals surface area contributed by atoms with Gasteiger partial charge in [-0.1, -0.05) is 266 Å². The number of hydrogen-bond donors (Lipinski definition) is 0. The van der Waals surface area contributed by atoms with Gasteiger partial charge in [0.1, 0.15) is 17.7 Å². The fraction of sp³-hybridized carbons (Fsp3) is 0.00971. The average Bonchev–Trinajstić information content (AvgIpc) is 1.56. The molecule has 0 N–H and O–H groups in total. The van der Waals surface area contributed by atoms with Gasteiger partial charge in [0.25, 0.3) is 0 Å². The number of fused-ring (bicyclic) bond motifs is 12. The molecule has 0 radical (unpaired) electrons. The second kappa shape index (κ2) is 26.1. The first kappa shape index (κ1) is 64.2. The largest absolute Gasteiger partial charge is 0.306 e. The van der Waals surface area contributed by atoms with E-state index in [9.17, 15) is 10.5 Å². The van der Waals surface area contributed by atoms with Crippen molar-refractivity contribution in [3.05, 3.63) is 387 Å². The summed E-state index contributed by atoms with van der Waals surface area (Å²) >= 11 is 0. The molecule has 0 aliphatic heterocycles. The molecule has 5 heterocycles. The molecule has 0 amide bonds. The van der Waals surface area contributed by atoms with E-state index in [2.05, 4.69) is 395 Å².